The van der Waals surface area contributed by atoms with Crippen LogP contribution in [-0.2, 0) is 9.59 Å². The summed E-state index contributed by atoms with van der Waals surface area (Å²) in [6.45, 7) is 4.06. The van der Waals surface area contributed by atoms with E-state index in [2.05, 4.69) is 27.2 Å². The molecule has 0 unspecified atom stereocenters. The zero-order chi connectivity index (χ0) is 20.6. The average molecular weight is 420 g/mol. The minimum atomic E-state index is -0.831. The molecule has 8 nitrogen and oxygen atoms in total. The number of nitrogens with one attached hydrogen (secondary N) is 2. The molecular formula is C20H29N5O3S. The lowest BCUT2D eigenvalue weighted by Gasteiger charge is -2.30. The molecule has 158 valence electrons. The molecule has 1 saturated heterocycles. The number of urea groups is 1. The highest BCUT2D eigenvalue weighted by Gasteiger charge is 2.52. The van der Waals surface area contributed by atoms with E-state index in [0.29, 0.717) is 18.9 Å². The van der Waals surface area contributed by atoms with Crippen LogP contribution in [0.25, 0.3) is 0 Å². The molecule has 1 spiro atoms. The number of rotatable bonds is 5. The van der Waals surface area contributed by atoms with Crippen molar-refractivity contribution < 1.29 is 14.4 Å². The Morgan fingerprint density at radius 3 is 2.55 bits per heavy atom. The van der Waals surface area contributed by atoms with E-state index < -0.39 is 11.6 Å². The Kier molecular flexibility index (Phi) is 5.59. The first-order valence-electron chi connectivity index (χ1n) is 10.6. The van der Waals surface area contributed by atoms with Crippen molar-refractivity contribution in [1.29, 1.82) is 0 Å². The molecule has 2 heterocycles. The molecule has 4 rings (SSSR count). The highest BCUT2D eigenvalue weighted by Crippen LogP contribution is 2.35. The number of carbonyl (C=O) groups excluding carboxylic acids is 3. The van der Waals surface area contributed by atoms with Crippen molar-refractivity contribution in [3.63, 3.8) is 0 Å². The van der Waals surface area contributed by atoms with Crippen molar-refractivity contribution in [2.45, 2.75) is 88.4 Å². The van der Waals surface area contributed by atoms with Crippen LogP contribution < -0.4 is 10.7 Å². The van der Waals surface area contributed by atoms with E-state index in [1.807, 2.05) is 6.92 Å². The highest BCUT2D eigenvalue weighted by atomic mass is 32.2. The normalized spacial score (nSPS) is 21.8. The van der Waals surface area contributed by atoms with Crippen LogP contribution >= 0.6 is 11.8 Å². The number of hydrazine groups is 1. The summed E-state index contributed by atoms with van der Waals surface area (Å²) in [6, 6.07) is -0.0896. The SMILES string of the molecule is Cc1nc(SCC(=O)NN2C(=O)NC3(CCCCC3)C2=O)n(C2CCCC2)c1C. The van der Waals surface area contributed by atoms with Crippen molar-refractivity contribution in [3.8, 4) is 0 Å². The lowest BCUT2D eigenvalue weighted by atomic mass is 9.82. The molecular weight excluding hydrogens is 390 g/mol. The van der Waals surface area contributed by atoms with Gasteiger partial charge in [0.05, 0.1) is 11.4 Å². The summed E-state index contributed by atoms with van der Waals surface area (Å²) in [5.74, 6) is -0.602. The number of aromatic nitrogens is 2. The Hall–Kier alpha value is -2.03. The zero-order valence-corrected chi connectivity index (χ0v) is 17.9. The maximum atomic E-state index is 12.8. The fraction of sp³-hybridized carbons (Fsp3) is 0.700. The van der Waals surface area contributed by atoms with Gasteiger partial charge in [0.2, 0.25) is 5.91 Å². The van der Waals surface area contributed by atoms with Gasteiger partial charge in [0.25, 0.3) is 5.91 Å². The van der Waals surface area contributed by atoms with Crippen LogP contribution in [0.5, 0.6) is 0 Å². The van der Waals surface area contributed by atoms with Gasteiger partial charge in [0.1, 0.15) is 5.54 Å². The van der Waals surface area contributed by atoms with E-state index in [0.717, 1.165) is 53.7 Å². The summed E-state index contributed by atoms with van der Waals surface area (Å²) in [5, 5.41) is 4.51. The third-order valence-corrected chi connectivity index (χ3v) is 7.43. The number of imidazole rings is 1. The second kappa shape index (κ2) is 8.01. The predicted octanol–water partition coefficient (Wildman–Crippen LogP) is 2.99. The highest BCUT2D eigenvalue weighted by molar-refractivity contribution is 7.99. The summed E-state index contributed by atoms with van der Waals surface area (Å²) in [5.41, 5.74) is 3.80. The Morgan fingerprint density at radius 1 is 1.17 bits per heavy atom. The van der Waals surface area contributed by atoms with E-state index in [9.17, 15) is 14.4 Å². The fourth-order valence-electron chi connectivity index (χ4n) is 4.79. The lowest BCUT2D eigenvalue weighted by Crippen LogP contribution is -2.51. The zero-order valence-electron chi connectivity index (χ0n) is 17.1. The smallest absolute Gasteiger partial charge is 0.322 e. The first kappa shape index (κ1) is 20.3. The maximum Gasteiger partial charge on any atom is 0.344 e. The number of imide groups is 1. The first-order chi connectivity index (χ1) is 13.9. The number of thioether (sulfide) groups is 1. The molecule has 1 aromatic heterocycles. The number of hydrogen-bond acceptors (Lipinski definition) is 5. The van der Waals surface area contributed by atoms with Crippen LogP contribution in [0.15, 0.2) is 5.16 Å². The largest absolute Gasteiger partial charge is 0.344 e. The lowest BCUT2D eigenvalue weighted by molar-refractivity contribution is -0.139. The van der Waals surface area contributed by atoms with Gasteiger partial charge in [-0.2, -0.15) is 5.01 Å². The Morgan fingerprint density at radius 2 is 1.86 bits per heavy atom. The second-order valence-electron chi connectivity index (χ2n) is 8.41. The van der Waals surface area contributed by atoms with Crippen molar-refractivity contribution in [3.05, 3.63) is 11.4 Å². The van der Waals surface area contributed by atoms with E-state index in [4.69, 9.17) is 0 Å². The van der Waals surface area contributed by atoms with Gasteiger partial charge in [-0.15, -0.1) is 0 Å². The van der Waals surface area contributed by atoms with Gasteiger partial charge in [0.15, 0.2) is 5.16 Å². The molecule has 3 fully saturated rings. The molecule has 1 aromatic rings. The van der Waals surface area contributed by atoms with Gasteiger partial charge in [-0.1, -0.05) is 43.9 Å². The number of amides is 4. The van der Waals surface area contributed by atoms with Gasteiger partial charge in [-0.25, -0.2) is 9.78 Å². The molecule has 0 aromatic carbocycles. The predicted molar refractivity (Wildman–Crippen MR) is 109 cm³/mol. The van der Waals surface area contributed by atoms with Crippen LogP contribution in [0.2, 0.25) is 0 Å². The van der Waals surface area contributed by atoms with Crippen molar-refractivity contribution >= 4 is 29.6 Å². The van der Waals surface area contributed by atoms with Crippen LogP contribution in [0.4, 0.5) is 4.79 Å². The third kappa shape index (κ3) is 3.76. The molecule has 0 atom stereocenters. The fourth-order valence-corrected chi connectivity index (χ4v) is 5.74. The molecule has 9 heteroatoms. The van der Waals surface area contributed by atoms with Crippen molar-refractivity contribution in [1.82, 2.24) is 25.3 Å². The minimum Gasteiger partial charge on any atom is -0.322 e. The minimum absolute atomic E-state index is 0.104. The van der Waals surface area contributed by atoms with E-state index in [-0.39, 0.29) is 17.6 Å². The average Bonchev–Trinajstić information content (AvgIpc) is 3.37. The van der Waals surface area contributed by atoms with Crippen LogP contribution in [-0.4, -0.2) is 43.7 Å². The quantitative estimate of drug-likeness (QED) is 0.565. The van der Waals surface area contributed by atoms with Gasteiger partial charge in [-0.3, -0.25) is 15.0 Å². The Balaban J connectivity index is 1.39. The summed E-state index contributed by atoms with van der Waals surface area (Å²) in [6.07, 6.45) is 8.88. The monoisotopic (exact) mass is 419 g/mol. The molecule has 1 aliphatic heterocycles. The molecule has 2 aliphatic carbocycles. The molecule has 29 heavy (non-hydrogen) atoms. The van der Waals surface area contributed by atoms with Crippen molar-refractivity contribution in [2.24, 2.45) is 0 Å². The summed E-state index contributed by atoms with van der Waals surface area (Å²) in [7, 11) is 0. The van der Waals surface area contributed by atoms with E-state index >= 15 is 0 Å². The number of hydrogen-bond donors (Lipinski definition) is 2. The van der Waals surface area contributed by atoms with Gasteiger partial charge >= 0.3 is 6.03 Å². The summed E-state index contributed by atoms with van der Waals surface area (Å²) >= 11 is 1.36. The first-order valence-corrected chi connectivity index (χ1v) is 11.5. The second-order valence-corrected chi connectivity index (χ2v) is 9.35. The van der Waals surface area contributed by atoms with Gasteiger partial charge in [-0.05, 0) is 39.5 Å². The van der Waals surface area contributed by atoms with E-state index in [1.54, 1.807) is 0 Å². The maximum absolute atomic E-state index is 12.8. The molecule has 3 aliphatic rings. The Labute approximate surface area is 175 Å². The van der Waals surface area contributed by atoms with Crippen LogP contribution in [0.3, 0.4) is 0 Å². The molecule has 2 saturated carbocycles. The van der Waals surface area contributed by atoms with E-state index in [1.165, 1.54) is 24.6 Å². The van der Waals surface area contributed by atoms with Crippen molar-refractivity contribution in [2.75, 3.05) is 5.75 Å². The van der Waals surface area contributed by atoms with Crippen LogP contribution in [0.1, 0.15) is 75.2 Å². The van der Waals surface area contributed by atoms with Gasteiger partial charge in [0, 0.05) is 11.7 Å². The topological polar surface area (TPSA) is 96.3 Å². The third-order valence-electron chi connectivity index (χ3n) is 6.48. The molecule has 0 radical (unpaired) electrons. The molecule has 4 amide bonds. The number of nitrogens with zero attached hydrogens (tertiary/aromatic N) is 3. The number of carbonyl (C=O) groups is 3. The van der Waals surface area contributed by atoms with Crippen LogP contribution in [0, 0.1) is 13.8 Å². The standard InChI is InChI=1S/C20H29N5O3S/c1-13-14(2)24(15-8-4-5-9-15)19(21-13)29-12-16(26)23-25-17(27)20(22-18(25)28)10-6-3-7-11-20/h15H,3-12H2,1-2H3,(H,22,28)(H,23,26). The number of aryl methyl sites for hydroxylation is 1. The summed E-state index contributed by atoms with van der Waals surface area (Å²) < 4.78 is 2.25. The summed E-state index contributed by atoms with van der Waals surface area (Å²) in [4.78, 5) is 42.2. The molecule has 2 N–H and O–H groups in total. The molecule has 0 bridgehead atoms. The van der Waals surface area contributed by atoms with Gasteiger partial charge < -0.3 is 9.88 Å². The Bertz CT molecular complexity index is 824.